The maximum absolute atomic E-state index is 12.4. The van der Waals surface area contributed by atoms with Crippen LogP contribution in [0.1, 0.15) is 32.9 Å². The van der Waals surface area contributed by atoms with Crippen LogP contribution < -0.4 is 5.32 Å². The second-order valence-electron chi connectivity index (χ2n) is 6.15. The van der Waals surface area contributed by atoms with Crippen molar-refractivity contribution in [1.82, 2.24) is 9.78 Å². The number of aryl methyl sites for hydroxylation is 2. The van der Waals surface area contributed by atoms with Crippen LogP contribution in [0.2, 0.25) is 5.02 Å². The summed E-state index contributed by atoms with van der Waals surface area (Å²) >= 11 is 5.87. The highest BCUT2D eigenvalue weighted by Gasteiger charge is 2.15. The molecule has 0 aliphatic rings. The Morgan fingerprint density at radius 1 is 1.04 bits per heavy atom. The quantitative estimate of drug-likeness (QED) is 0.734. The number of hydrogen-bond acceptors (Lipinski definition) is 2. The maximum Gasteiger partial charge on any atom is 0.255 e. The lowest BCUT2D eigenvalue weighted by Gasteiger charge is -2.08. The summed E-state index contributed by atoms with van der Waals surface area (Å²) in [6.45, 7) is 6.60. The molecule has 1 N–H and O–H groups in total. The average Bonchev–Trinajstić information content (AvgIpc) is 2.85. The largest absolute Gasteiger partial charge is 0.319 e. The van der Waals surface area contributed by atoms with E-state index in [4.69, 9.17) is 11.6 Å². The zero-order chi connectivity index (χ0) is 18.0. The van der Waals surface area contributed by atoms with Gasteiger partial charge in [-0.25, -0.2) is 0 Å². The molecule has 0 aliphatic heterocycles. The number of hydrogen-bond donors (Lipinski definition) is 1. The van der Waals surface area contributed by atoms with Gasteiger partial charge in [0, 0.05) is 10.6 Å². The normalized spacial score (nSPS) is 10.7. The van der Waals surface area contributed by atoms with Crippen LogP contribution in [-0.4, -0.2) is 15.7 Å². The van der Waals surface area contributed by atoms with Crippen LogP contribution in [0.15, 0.2) is 48.5 Å². The fourth-order valence-electron chi connectivity index (χ4n) is 2.69. The van der Waals surface area contributed by atoms with Crippen LogP contribution in [0.25, 0.3) is 0 Å². The Hall–Kier alpha value is -2.59. The number of nitrogens with one attached hydrogen (secondary N) is 1. The number of carbonyl (C=O) groups excluding carboxylic acids is 1. The van der Waals surface area contributed by atoms with E-state index >= 15 is 0 Å². The Balaban J connectivity index is 1.80. The van der Waals surface area contributed by atoms with Gasteiger partial charge in [0.2, 0.25) is 0 Å². The highest BCUT2D eigenvalue weighted by molar-refractivity contribution is 6.30. The molecule has 3 aromatic rings. The fourth-order valence-corrected chi connectivity index (χ4v) is 2.81. The van der Waals surface area contributed by atoms with Crippen LogP contribution in [-0.2, 0) is 6.54 Å². The molecule has 0 aliphatic carbocycles. The molecule has 1 heterocycles. The molecule has 0 spiro atoms. The van der Waals surface area contributed by atoms with Crippen molar-refractivity contribution < 1.29 is 4.79 Å². The van der Waals surface area contributed by atoms with E-state index in [1.54, 1.807) is 24.3 Å². The molecule has 1 aromatic heterocycles. The number of halogens is 1. The van der Waals surface area contributed by atoms with E-state index in [9.17, 15) is 4.79 Å². The van der Waals surface area contributed by atoms with Crippen molar-refractivity contribution in [1.29, 1.82) is 0 Å². The van der Waals surface area contributed by atoms with Gasteiger partial charge in [0.15, 0.2) is 0 Å². The number of anilines is 1. The molecule has 3 rings (SSSR count). The predicted molar refractivity (Wildman–Crippen MR) is 101 cm³/mol. The number of carbonyl (C=O) groups is 1. The highest BCUT2D eigenvalue weighted by Crippen LogP contribution is 2.22. The third-order valence-corrected chi connectivity index (χ3v) is 4.43. The summed E-state index contributed by atoms with van der Waals surface area (Å²) in [6, 6.07) is 15.2. The van der Waals surface area contributed by atoms with Gasteiger partial charge in [-0.1, -0.05) is 41.4 Å². The number of benzene rings is 2. The van der Waals surface area contributed by atoms with Gasteiger partial charge < -0.3 is 5.32 Å². The monoisotopic (exact) mass is 353 g/mol. The van der Waals surface area contributed by atoms with Crippen LogP contribution in [0.4, 0.5) is 5.69 Å². The molecule has 0 radical (unpaired) electrons. The van der Waals surface area contributed by atoms with Crippen molar-refractivity contribution in [2.45, 2.75) is 27.3 Å². The van der Waals surface area contributed by atoms with E-state index in [2.05, 4.69) is 41.6 Å². The summed E-state index contributed by atoms with van der Waals surface area (Å²) < 4.78 is 1.91. The molecule has 128 valence electrons. The number of nitrogens with zero attached hydrogens (tertiary/aromatic N) is 2. The summed E-state index contributed by atoms with van der Waals surface area (Å²) in [6.07, 6.45) is 0. The summed E-state index contributed by atoms with van der Waals surface area (Å²) in [4.78, 5) is 12.4. The summed E-state index contributed by atoms with van der Waals surface area (Å²) in [5, 5.41) is 8.14. The van der Waals surface area contributed by atoms with Crippen molar-refractivity contribution in [3.8, 4) is 0 Å². The lowest BCUT2D eigenvalue weighted by Crippen LogP contribution is -2.13. The maximum atomic E-state index is 12.4. The molecule has 2 aromatic carbocycles. The standard InChI is InChI=1S/C20H20ClN3O/c1-13-4-6-16(7-5-13)12-24-15(3)19(14(2)23-24)22-20(25)17-8-10-18(21)11-9-17/h4-11H,12H2,1-3H3,(H,22,25). The first-order valence-corrected chi connectivity index (χ1v) is 8.48. The van der Waals surface area contributed by atoms with Crippen LogP contribution in [0.5, 0.6) is 0 Å². The smallest absolute Gasteiger partial charge is 0.255 e. The number of aromatic nitrogens is 2. The van der Waals surface area contributed by atoms with Gasteiger partial charge in [0.05, 0.1) is 23.6 Å². The Kier molecular flexibility index (Phi) is 4.91. The minimum absolute atomic E-state index is 0.169. The fraction of sp³-hybridized carbons (Fsp3) is 0.200. The van der Waals surface area contributed by atoms with Crippen LogP contribution in [0, 0.1) is 20.8 Å². The third-order valence-electron chi connectivity index (χ3n) is 4.18. The molecular weight excluding hydrogens is 334 g/mol. The van der Waals surface area contributed by atoms with Gasteiger partial charge in [-0.2, -0.15) is 5.10 Å². The minimum Gasteiger partial charge on any atom is -0.319 e. The first kappa shape index (κ1) is 17.2. The lowest BCUT2D eigenvalue weighted by molar-refractivity contribution is 0.102. The van der Waals surface area contributed by atoms with Crippen molar-refractivity contribution in [2.75, 3.05) is 5.32 Å². The molecule has 0 atom stereocenters. The Bertz CT molecular complexity index is 896. The van der Waals surface area contributed by atoms with E-state index in [-0.39, 0.29) is 5.91 Å². The van der Waals surface area contributed by atoms with E-state index in [0.717, 1.165) is 17.1 Å². The van der Waals surface area contributed by atoms with Gasteiger partial charge in [-0.15, -0.1) is 0 Å². The van der Waals surface area contributed by atoms with Gasteiger partial charge in [-0.3, -0.25) is 9.48 Å². The van der Waals surface area contributed by atoms with Crippen molar-refractivity contribution in [2.24, 2.45) is 0 Å². The summed E-state index contributed by atoms with van der Waals surface area (Å²) in [5.41, 5.74) is 5.45. The van der Waals surface area contributed by atoms with Gasteiger partial charge >= 0.3 is 0 Å². The first-order chi connectivity index (χ1) is 11.9. The zero-order valence-electron chi connectivity index (χ0n) is 14.5. The van der Waals surface area contributed by atoms with Crippen LogP contribution in [0.3, 0.4) is 0 Å². The molecule has 0 bridgehead atoms. The molecule has 0 saturated heterocycles. The molecule has 0 saturated carbocycles. The molecule has 4 nitrogen and oxygen atoms in total. The minimum atomic E-state index is -0.169. The first-order valence-electron chi connectivity index (χ1n) is 8.10. The number of amides is 1. The number of rotatable bonds is 4. The Labute approximate surface area is 152 Å². The second-order valence-corrected chi connectivity index (χ2v) is 6.59. The summed E-state index contributed by atoms with van der Waals surface area (Å²) in [7, 11) is 0. The van der Waals surface area contributed by atoms with Crippen molar-refractivity contribution in [3.05, 3.63) is 81.6 Å². The molecule has 5 heteroatoms. The molecular formula is C20H20ClN3O. The lowest BCUT2D eigenvalue weighted by atomic mass is 10.1. The van der Waals surface area contributed by atoms with E-state index in [1.807, 2.05) is 18.5 Å². The van der Waals surface area contributed by atoms with E-state index in [1.165, 1.54) is 11.1 Å². The van der Waals surface area contributed by atoms with Gasteiger partial charge in [0.25, 0.3) is 5.91 Å². The zero-order valence-corrected chi connectivity index (χ0v) is 15.3. The summed E-state index contributed by atoms with van der Waals surface area (Å²) in [5.74, 6) is -0.169. The topological polar surface area (TPSA) is 46.9 Å². The molecule has 1 amide bonds. The average molecular weight is 354 g/mol. The van der Waals surface area contributed by atoms with Crippen LogP contribution >= 0.6 is 11.6 Å². The predicted octanol–water partition coefficient (Wildman–Crippen LogP) is 4.76. The molecule has 0 fully saturated rings. The SMILES string of the molecule is Cc1ccc(Cn2nc(C)c(NC(=O)c3ccc(Cl)cc3)c2C)cc1. The van der Waals surface area contributed by atoms with Crippen molar-refractivity contribution >= 4 is 23.2 Å². The van der Waals surface area contributed by atoms with Gasteiger partial charge in [0.1, 0.15) is 0 Å². The van der Waals surface area contributed by atoms with E-state index in [0.29, 0.717) is 17.1 Å². The molecule has 0 unspecified atom stereocenters. The van der Waals surface area contributed by atoms with E-state index < -0.39 is 0 Å². The third kappa shape index (κ3) is 3.91. The second kappa shape index (κ2) is 7.11. The van der Waals surface area contributed by atoms with Crippen molar-refractivity contribution in [3.63, 3.8) is 0 Å². The van der Waals surface area contributed by atoms with Gasteiger partial charge in [-0.05, 0) is 50.6 Å². The molecule has 25 heavy (non-hydrogen) atoms. The Morgan fingerprint density at radius 3 is 2.32 bits per heavy atom. The highest BCUT2D eigenvalue weighted by atomic mass is 35.5. The Morgan fingerprint density at radius 2 is 1.68 bits per heavy atom.